The predicted molar refractivity (Wildman–Crippen MR) is 86.7 cm³/mol. The Hall–Kier alpha value is -2.48. The molecule has 1 aliphatic heterocycles. The zero-order valence-corrected chi connectivity index (χ0v) is 13.8. The number of aryl methyl sites for hydroxylation is 2. The van der Waals surface area contributed by atoms with Crippen LogP contribution >= 0.6 is 0 Å². The summed E-state index contributed by atoms with van der Waals surface area (Å²) < 4.78 is 41.0. The fourth-order valence-electron chi connectivity index (χ4n) is 2.71. The van der Waals surface area contributed by atoms with Crippen molar-refractivity contribution in [1.29, 1.82) is 0 Å². The molecule has 1 aliphatic rings. The van der Waals surface area contributed by atoms with Gasteiger partial charge in [-0.1, -0.05) is 12.1 Å². The number of amides is 1. The summed E-state index contributed by atoms with van der Waals surface area (Å²) in [7, 11) is -4.12. The monoisotopic (exact) mass is 349 g/mol. The molecule has 8 heteroatoms. The second kappa shape index (κ2) is 5.86. The lowest BCUT2D eigenvalue weighted by Crippen LogP contribution is -2.37. The minimum atomic E-state index is -4.12. The average Bonchev–Trinajstić information content (AvgIpc) is 2.53. The molecule has 0 fully saturated rings. The largest absolute Gasteiger partial charge is 0.364 e. The zero-order chi connectivity index (χ0) is 17.5. The average molecular weight is 349 g/mol. The molecule has 0 atom stereocenters. The van der Waals surface area contributed by atoms with Crippen LogP contribution in [-0.4, -0.2) is 25.9 Å². The summed E-state index contributed by atoms with van der Waals surface area (Å²) in [5, 5.41) is 0. The van der Waals surface area contributed by atoms with E-state index in [4.69, 9.17) is 5.73 Å². The second-order valence-electron chi connectivity index (χ2n) is 5.66. The summed E-state index contributed by atoms with van der Waals surface area (Å²) >= 11 is 0. The van der Waals surface area contributed by atoms with Gasteiger partial charge in [-0.05, 0) is 49.1 Å². The van der Waals surface area contributed by atoms with Crippen molar-refractivity contribution in [3.63, 3.8) is 0 Å². The molecule has 0 unspecified atom stereocenters. The van der Waals surface area contributed by atoms with Gasteiger partial charge in [0, 0.05) is 6.54 Å². The molecule has 2 heterocycles. The van der Waals surface area contributed by atoms with Crippen LogP contribution < -0.4 is 10.0 Å². The highest BCUT2D eigenvalue weighted by atomic mass is 32.2. The van der Waals surface area contributed by atoms with E-state index in [0.29, 0.717) is 24.0 Å². The molecular weight excluding hydrogens is 333 g/mol. The van der Waals surface area contributed by atoms with Crippen LogP contribution in [0.5, 0.6) is 0 Å². The van der Waals surface area contributed by atoms with Crippen molar-refractivity contribution in [3.05, 3.63) is 53.0 Å². The van der Waals surface area contributed by atoms with Crippen LogP contribution in [0.3, 0.4) is 0 Å². The van der Waals surface area contributed by atoms with E-state index in [0.717, 1.165) is 4.31 Å². The zero-order valence-electron chi connectivity index (χ0n) is 13.0. The van der Waals surface area contributed by atoms with Crippen molar-refractivity contribution in [2.75, 3.05) is 10.8 Å². The summed E-state index contributed by atoms with van der Waals surface area (Å²) in [6.07, 6.45) is 1.21. The van der Waals surface area contributed by atoms with Crippen molar-refractivity contribution < 1.29 is 17.6 Å². The van der Waals surface area contributed by atoms with Gasteiger partial charge < -0.3 is 5.73 Å². The number of rotatable bonds is 3. The molecule has 24 heavy (non-hydrogen) atoms. The Morgan fingerprint density at radius 2 is 2.04 bits per heavy atom. The lowest BCUT2D eigenvalue weighted by molar-refractivity contribution is 0.0995. The lowest BCUT2D eigenvalue weighted by atomic mass is 10.1. The van der Waals surface area contributed by atoms with Crippen LogP contribution in [0.4, 0.5) is 10.2 Å². The number of anilines is 1. The van der Waals surface area contributed by atoms with Gasteiger partial charge in [-0.3, -0.25) is 4.79 Å². The van der Waals surface area contributed by atoms with Crippen LogP contribution in [0.1, 0.15) is 28.0 Å². The number of halogens is 1. The minimum absolute atomic E-state index is 0.0276. The first-order valence-corrected chi connectivity index (χ1v) is 8.83. The first-order valence-electron chi connectivity index (χ1n) is 7.39. The Morgan fingerprint density at radius 3 is 2.71 bits per heavy atom. The molecule has 1 aromatic carbocycles. The van der Waals surface area contributed by atoms with E-state index < -0.39 is 26.6 Å². The van der Waals surface area contributed by atoms with Gasteiger partial charge in [0.05, 0.1) is 0 Å². The fourth-order valence-corrected chi connectivity index (χ4v) is 4.25. The van der Waals surface area contributed by atoms with E-state index in [1.54, 1.807) is 13.0 Å². The molecule has 126 valence electrons. The lowest BCUT2D eigenvalue weighted by Gasteiger charge is -2.29. The molecular formula is C16H16FN3O3S. The number of aromatic nitrogens is 1. The molecule has 1 aromatic heterocycles. The van der Waals surface area contributed by atoms with Gasteiger partial charge in [0.15, 0.2) is 0 Å². The van der Waals surface area contributed by atoms with E-state index in [1.807, 2.05) is 0 Å². The highest BCUT2D eigenvalue weighted by Crippen LogP contribution is 2.31. The normalized spacial score (nSPS) is 14.3. The van der Waals surface area contributed by atoms with E-state index >= 15 is 0 Å². The number of pyridine rings is 1. The number of carbonyl (C=O) groups excluding carboxylic acids is 1. The number of fused-ring (bicyclic) bond motifs is 1. The van der Waals surface area contributed by atoms with Gasteiger partial charge >= 0.3 is 0 Å². The fraction of sp³-hybridized carbons (Fsp3) is 0.250. The highest BCUT2D eigenvalue weighted by Gasteiger charge is 2.32. The number of primary amides is 1. The van der Waals surface area contributed by atoms with E-state index in [1.165, 1.54) is 24.3 Å². The first kappa shape index (κ1) is 16.4. The first-order chi connectivity index (χ1) is 11.3. The third-order valence-electron chi connectivity index (χ3n) is 3.91. The molecule has 0 spiro atoms. The van der Waals surface area contributed by atoms with Crippen molar-refractivity contribution in [1.82, 2.24) is 4.98 Å². The summed E-state index contributed by atoms with van der Waals surface area (Å²) in [4.78, 5) is 15.0. The van der Waals surface area contributed by atoms with E-state index in [2.05, 4.69) is 4.98 Å². The standard InChI is InChI=1S/C16H16FN3O3S/c1-10-4-7-14(12(17)9-10)24(22,23)20-8-2-3-11-5-6-13(15(18)21)19-16(11)20/h4-7,9H,2-3,8H2,1H3,(H2,18,21). The quantitative estimate of drug-likeness (QED) is 0.914. The molecule has 0 bridgehead atoms. The molecule has 3 rings (SSSR count). The maximum Gasteiger partial charge on any atom is 0.268 e. The molecule has 2 N–H and O–H groups in total. The van der Waals surface area contributed by atoms with E-state index in [-0.39, 0.29) is 18.1 Å². The summed E-state index contributed by atoms with van der Waals surface area (Å²) in [5.74, 6) is -1.42. The number of hydrogen-bond acceptors (Lipinski definition) is 4. The van der Waals surface area contributed by atoms with Crippen molar-refractivity contribution in [3.8, 4) is 0 Å². The molecule has 0 saturated heterocycles. The highest BCUT2D eigenvalue weighted by molar-refractivity contribution is 7.92. The van der Waals surface area contributed by atoms with Gasteiger partial charge in [0.2, 0.25) is 0 Å². The number of sulfonamides is 1. The third kappa shape index (κ3) is 2.73. The Balaban J connectivity index is 2.14. The van der Waals surface area contributed by atoms with E-state index in [9.17, 15) is 17.6 Å². The Labute approximate surface area is 139 Å². The number of nitrogens with zero attached hydrogens (tertiary/aromatic N) is 2. The molecule has 1 amide bonds. The number of benzene rings is 1. The van der Waals surface area contributed by atoms with Crippen LogP contribution in [-0.2, 0) is 16.4 Å². The summed E-state index contributed by atoms with van der Waals surface area (Å²) in [6.45, 7) is 1.84. The van der Waals surface area contributed by atoms with Crippen LogP contribution in [0.15, 0.2) is 35.2 Å². The van der Waals surface area contributed by atoms with Crippen LogP contribution in [0.2, 0.25) is 0 Å². The Bertz CT molecular complexity index is 928. The Kier molecular flexibility index (Phi) is 4.00. The van der Waals surface area contributed by atoms with Crippen LogP contribution in [0.25, 0.3) is 0 Å². The molecule has 6 nitrogen and oxygen atoms in total. The summed E-state index contributed by atoms with van der Waals surface area (Å²) in [5.41, 5.74) is 6.50. The van der Waals surface area contributed by atoms with Gasteiger partial charge in [0.1, 0.15) is 22.2 Å². The van der Waals surface area contributed by atoms with Crippen LogP contribution in [0, 0.1) is 12.7 Å². The van der Waals surface area contributed by atoms with Gasteiger partial charge in [0.25, 0.3) is 15.9 Å². The third-order valence-corrected chi connectivity index (χ3v) is 5.73. The predicted octanol–water partition coefficient (Wildman–Crippen LogP) is 1.77. The smallest absolute Gasteiger partial charge is 0.268 e. The second-order valence-corrected chi connectivity index (χ2v) is 7.49. The summed E-state index contributed by atoms with van der Waals surface area (Å²) in [6, 6.07) is 7.05. The Morgan fingerprint density at radius 1 is 1.29 bits per heavy atom. The van der Waals surface area contributed by atoms with Crippen molar-refractivity contribution in [2.45, 2.75) is 24.7 Å². The molecule has 0 aliphatic carbocycles. The number of carbonyl (C=O) groups is 1. The van der Waals surface area contributed by atoms with Gasteiger partial charge in [-0.2, -0.15) is 0 Å². The topological polar surface area (TPSA) is 93.4 Å². The SMILES string of the molecule is Cc1ccc(S(=O)(=O)N2CCCc3ccc(C(N)=O)nc32)c(F)c1. The number of nitrogens with two attached hydrogens (primary N) is 1. The minimum Gasteiger partial charge on any atom is -0.364 e. The molecule has 0 saturated carbocycles. The van der Waals surface area contributed by atoms with Gasteiger partial charge in [-0.15, -0.1) is 0 Å². The maximum atomic E-state index is 14.2. The molecule has 0 radical (unpaired) electrons. The van der Waals surface area contributed by atoms with Gasteiger partial charge in [-0.25, -0.2) is 22.1 Å². The van der Waals surface area contributed by atoms with Crippen molar-refractivity contribution in [2.24, 2.45) is 5.73 Å². The molecule has 2 aromatic rings. The van der Waals surface area contributed by atoms with Crippen molar-refractivity contribution >= 4 is 21.7 Å². The number of hydrogen-bond donors (Lipinski definition) is 1. The maximum absolute atomic E-state index is 14.2.